The van der Waals surface area contributed by atoms with Crippen LogP contribution in [0.1, 0.15) is 19.3 Å². The lowest BCUT2D eigenvalue weighted by Gasteiger charge is -2.20. The van der Waals surface area contributed by atoms with Gasteiger partial charge in [0.15, 0.2) is 0 Å². The van der Waals surface area contributed by atoms with Gasteiger partial charge in [-0.1, -0.05) is 0 Å². The maximum Gasteiger partial charge on any atom is 0.326 e. The second kappa shape index (κ2) is 11.4. The number of aliphatic carboxylic acids is 2. The first-order valence-corrected chi connectivity index (χ1v) is 7.36. The molecule has 9 N–H and O–H groups in total. The molecule has 0 spiro atoms. The van der Waals surface area contributed by atoms with Crippen molar-refractivity contribution in [1.82, 2.24) is 16.0 Å². The van der Waals surface area contributed by atoms with Crippen molar-refractivity contribution in [2.45, 2.75) is 31.3 Å². The topological polar surface area (TPSA) is 231 Å². The summed E-state index contributed by atoms with van der Waals surface area (Å²) in [5.74, 6) is -6.22. The van der Waals surface area contributed by atoms with Gasteiger partial charge in [-0.15, -0.1) is 0 Å². The van der Waals surface area contributed by atoms with Crippen LogP contribution in [0.25, 0.3) is 0 Å². The number of hydrogen-bond acceptors (Lipinski definition) is 7. The van der Waals surface area contributed by atoms with E-state index in [9.17, 15) is 28.8 Å². The Bertz CT molecular complexity index is 579. The summed E-state index contributed by atoms with van der Waals surface area (Å²) in [6, 6.07) is -3.04. The first kappa shape index (κ1) is 22.8. The summed E-state index contributed by atoms with van der Waals surface area (Å²) in [6.45, 7) is -0.875. The van der Waals surface area contributed by atoms with Crippen molar-refractivity contribution in [1.29, 1.82) is 0 Å². The Balaban J connectivity index is 4.97. The van der Waals surface area contributed by atoms with Gasteiger partial charge in [-0.3, -0.25) is 24.0 Å². The molecule has 146 valence electrons. The van der Waals surface area contributed by atoms with Crippen LogP contribution in [0.15, 0.2) is 0 Å². The van der Waals surface area contributed by atoms with Gasteiger partial charge in [0.2, 0.25) is 23.6 Å². The third kappa shape index (κ3) is 9.82. The highest BCUT2D eigenvalue weighted by Crippen LogP contribution is 2.01. The van der Waals surface area contributed by atoms with Gasteiger partial charge in [-0.2, -0.15) is 0 Å². The van der Waals surface area contributed by atoms with Crippen LogP contribution in [-0.4, -0.2) is 71.0 Å². The van der Waals surface area contributed by atoms with Gasteiger partial charge in [0, 0.05) is 6.42 Å². The number of carbonyl (C=O) groups is 6. The molecule has 0 heterocycles. The highest BCUT2D eigenvalue weighted by Gasteiger charge is 2.28. The fourth-order valence-corrected chi connectivity index (χ4v) is 1.71. The van der Waals surface area contributed by atoms with E-state index in [1.54, 1.807) is 0 Å². The summed E-state index contributed by atoms with van der Waals surface area (Å²) >= 11 is 0. The van der Waals surface area contributed by atoms with E-state index in [-0.39, 0.29) is 13.0 Å². The second-order valence-corrected chi connectivity index (χ2v) is 5.10. The lowest BCUT2D eigenvalue weighted by Crippen LogP contribution is -2.54. The molecule has 2 unspecified atom stereocenters. The molecule has 0 radical (unpaired) electrons. The molecule has 0 aromatic heterocycles. The Labute approximate surface area is 147 Å². The number of carbonyl (C=O) groups excluding carboxylic acids is 4. The van der Waals surface area contributed by atoms with E-state index >= 15 is 0 Å². The highest BCUT2D eigenvalue weighted by molar-refractivity contribution is 5.93. The Morgan fingerprint density at radius 3 is 2.00 bits per heavy atom. The van der Waals surface area contributed by atoms with Crippen LogP contribution in [-0.2, 0) is 28.8 Å². The smallest absolute Gasteiger partial charge is 0.326 e. The number of amides is 4. The molecular weight excluding hydrogens is 354 g/mol. The number of rotatable bonds is 12. The van der Waals surface area contributed by atoms with E-state index in [1.807, 2.05) is 5.32 Å². The number of carboxylic acids is 2. The Morgan fingerprint density at radius 1 is 0.923 bits per heavy atom. The van der Waals surface area contributed by atoms with Gasteiger partial charge in [-0.05, 0) is 6.42 Å². The van der Waals surface area contributed by atoms with Crippen molar-refractivity contribution >= 4 is 35.6 Å². The van der Waals surface area contributed by atoms with Crippen LogP contribution < -0.4 is 27.4 Å². The van der Waals surface area contributed by atoms with E-state index in [4.69, 9.17) is 21.7 Å². The predicted molar refractivity (Wildman–Crippen MR) is 84.2 cm³/mol. The van der Waals surface area contributed by atoms with E-state index in [0.717, 1.165) is 0 Å². The summed E-state index contributed by atoms with van der Waals surface area (Å²) in [5.41, 5.74) is 9.94. The van der Waals surface area contributed by atoms with Gasteiger partial charge in [0.05, 0.1) is 19.5 Å². The number of nitrogens with one attached hydrogen (secondary N) is 3. The number of hydrogen-bond donors (Lipinski definition) is 7. The number of nitrogens with two attached hydrogens (primary N) is 2. The monoisotopic (exact) mass is 375 g/mol. The van der Waals surface area contributed by atoms with E-state index < -0.39 is 67.0 Å². The molecular formula is C13H21N5O8. The molecule has 4 amide bonds. The minimum Gasteiger partial charge on any atom is -0.481 e. The first-order chi connectivity index (χ1) is 12.1. The number of carboxylic acid groups (broad SMARTS) is 2. The molecule has 2 atom stereocenters. The van der Waals surface area contributed by atoms with Crippen LogP contribution in [0.4, 0.5) is 0 Å². The zero-order valence-corrected chi connectivity index (χ0v) is 13.7. The lowest BCUT2D eigenvalue weighted by atomic mass is 10.1. The molecule has 0 saturated heterocycles. The standard InChI is InChI=1S/C13H21N5O8/c14-4-9(20)16-5-10(21)17-6(1-2-11(22)23)12(24)18-7(13(25)26)3-8(15)19/h6-7H,1-5,14H2,(H2,15,19)(H,16,20)(H,17,21)(H,18,24)(H,22,23)(H,25,26). The minimum atomic E-state index is -1.64. The van der Waals surface area contributed by atoms with Gasteiger partial charge >= 0.3 is 11.9 Å². The Kier molecular flexibility index (Phi) is 9.95. The van der Waals surface area contributed by atoms with Crippen LogP contribution in [0.3, 0.4) is 0 Å². The third-order valence-corrected chi connectivity index (χ3v) is 2.95. The molecule has 0 aromatic carbocycles. The van der Waals surface area contributed by atoms with Gasteiger partial charge in [0.1, 0.15) is 12.1 Å². The van der Waals surface area contributed by atoms with Crippen molar-refractivity contribution in [2.75, 3.05) is 13.1 Å². The van der Waals surface area contributed by atoms with Crippen molar-refractivity contribution in [3.63, 3.8) is 0 Å². The minimum absolute atomic E-state index is 0.347. The van der Waals surface area contributed by atoms with Crippen LogP contribution in [0.2, 0.25) is 0 Å². The van der Waals surface area contributed by atoms with Crippen molar-refractivity contribution in [3.05, 3.63) is 0 Å². The average Bonchev–Trinajstić information content (AvgIpc) is 2.54. The zero-order valence-electron chi connectivity index (χ0n) is 13.7. The summed E-state index contributed by atoms with van der Waals surface area (Å²) in [5, 5.41) is 24.0. The fourth-order valence-electron chi connectivity index (χ4n) is 1.71. The lowest BCUT2D eigenvalue weighted by molar-refractivity contribution is -0.144. The normalized spacial score (nSPS) is 12.3. The number of primary amides is 1. The molecule has 0 aromatic rings. The van der Waals surface area contributed by atoms with Gasteiger partial charge < -0.3 is 37.6 Å². The molecule has 0 saturated carbocycles. The molecule has 13 nitrogen and oxygen atoms in total. The van der Waals surface area contributed by atoms with Crippen molar-refractivity contribution < 1.29 is 39.0 Å². The van der Waals surface area contributed by atoms with Gasteiger partial charge in [0.25, 0.3) is 0 Å². The summed E-state index contributed by atoms with van der Waals surface area (Å²) < 4.78 is 0. The average molecular weight is 375 g/mol. The molecule has 0 aliphatic rings. The SMILES string of the molecule is NCC(=O)NCC(=O)NC(CCC(=O)O)C(=O)NC(CC(N)=O)C(=O)O. The van der Waals surface area contributed by atoms with E-state index in [0.29, 0.717) is 0 Å². The molecule has 0 aliphatic carbocycles. The Hall–Kier alpha value is -3.22. The zero-order chi connectivity index (χ0) is 20.3. The molecule has 0 fully saturated rings. The second-order valence-electron chi connectivity index (χ2n) is 5.10. The summed E-state index contributed by atoms with van der Waals surface area (Å²) in [4.78, 5) is 67.4. The molecule has 26 heavy (non-hydrogen) atoms. The first-order valence-electron chi connectivity index (χ1n) is 7.36. The van der Waals surface area contributed by atoms with Gasteiger partial charge in [-0.25, -0.2) is 4.79 Å². The largest absolute Gasteiger partial charge is 0.481 e. The van der Waals surface area contributed by atoms with Crippen molar-refractivity contribution in [2.24, 2.45) is 11.5 Å². The van der Waals surface area contributed by atoms with Crippen LogP contribution in [0, 0.1) is 0 Å². The van der Waals surface area contributed by atoms with E-state index in [1.165, 1.54) is 0 Å². The Morgan fingerprint density at radius 2 is 1.54 bits per heavy atom. The summed E-state index contributed by atoms with van der Waals surface area (Å²) in [7, 11) is 0. The quantitative estimate of drug-likeness (QED) is 0.175. The van der Waals surface area contributed by atoms with E-state index in [2.05, 4.69) is 10.6 Å². The molecule has 0 bridgehead atoms. The summed E-state index contributed by atoms with van der Waals surface area (Å²) in [6.07, 6.45) is -1.53. The maximum absolute atomic E-state index is 12.1. The van der Waals surface area contributed by atoms with Crippen molar-refractivity contribution in [3.8, 4) is 0 Å². The molecule has 13 heteroatoms. The maximum atomic E-state index is 12.1. The highest BCUT2D eigenvalue weighted by atomic mass is 16.4. The third-order valence-electron chi connectivity index (χ3n) is 2.95. The van der Waals surface area contributed by atoms with Crippen LogP contribution in [0.5, 0.6) is 0 Å². The molecule has 0 rings (SSSR count). The fraction of sp³-hybridized carbons (Fsp3) is 0.538. The van der Waals surface area contributed by atoms with Crippen LogP contribution >= 0.6 is 0 Å². The molecule has 0 aliphatic heterocycles. The predicted octanol–water partition coefficient (Wildman–Crippen LogP) is -4.14.